The molecule has 3 aromatic rings. The Balaban J connectivity index is 1.79. The summed E-state index contributed by atoms with van der Waals surface area (Å²) in [4.78, 5) is 0. The van der Waals surface area contributed by atoms with Crippen molar-refractivity contribution in [3.63, 3.8) is 0 Å². The standard InChI is InChI=1S/C19H19N3O/c1-13-6-8-15(9-7-13)10-16-4-3-5-18-17(16)11-23-12-19-21-20-14(2)22(18)19/h3-9H,10-12H2,1-2H3. The van der Waals surface area contributed by atoms with E-state index in [0.29, 0.717) is 13.2 Å². The molecule has 23 heavy (non-hydrogen) atoms. The molecule has 4 rings (SSSR count). The van der Waals surface area contributed by atoms with E-state index in [1.165, 1.54) is 22.3 Å². The molecule has 0 saturated carbocycles. The molecule has 0 N–H and O–H groups in total. The first kappa shape index (κ1) is 14.2. The molecular weight excluding hydrogens is 286 g/mol. The molecule has 0 atom stereocenters. The van der Waals surface area contributed by atoms with Crippen LogP contribution in [0.15, 0.2) is 42.5 Å². The minimum atomic E-state index is 0.499. The molecule has 2 aromatic carbocycles. The summed E-state index contributed by atoms with van der Waals surface area (Å²) in [7, 11) is 0. The zero-order chi connectivity index (χ0) is 15.8. The first-order valence-corrected chi connectivity index (χ1v) is 7.87. The van der Waals surface area contributed by atoms with Crippen molar-refractivity contribution in [2.75, 3.05) is 0 Å². The van der Waals surface area contributed by atoms with Gasteiger partial charge in [0, 0.05) is 5.56 Å². The Morgan fingerprint density at radius 3 is 2.65 bits per heavy atom. The number of hydrogen-bond donors (Lipinski definition) is 0. The van der Waals surface area contributed by atoms with Crippen LogP contribution < -0.4 is 0 Å². The van der Waals surface area contributed by atoms with Crippen molar-refractivity contribution in [2.24, 2.45) is 0 Å². The summed E-state index contributed by atoms with van der Waals surface area (Å²) in [5, 5.41) is 8.42. The Labute approximate surface area is 135 Å². The van der Waals surface area contributed by atoms with Crippen LogP contribution in [0.3, 0.4) is 0 Å². The lowest BCUT2D eigenvalue weighted by atomic mass is 9.98. The van der Waals surface area contributed by atoms with E-state index in [-0.39, 0.29) is 0 Å². The minimum Gasteiger partial charge on any atom is -0.369 e. The highest BCUT2D eigenvalue weighted by Gasteiger charge is 2.20. The van der Waals surface area contributed by atoms with Crippen LogP contribution >= 0.6 is 0 Å². The molecule has 0 radical (unpaired) electrons. The minimum absolute atomic E-state index is 0.499. The van der Waals surface area contributed by atoms with Crippen molar-refractivity contribution in [3.05, 3.63) is 76.4 Å². The molecule has 1 aliphatic rings. The molecule has 2 heterocycles. The second-order valence-electron chi connectivity index (χ2n) is 6.07. The summed E-state index contributed by atoms with van der Waals surface area (Å²) in [6.07, 6.45) is 0.906. The number of rotatable bonds is 2. The van der Waals surface area contributed by atoms with E-state index in [0.717, 1.165) is 23.8 Å². The maximum Gasteiger partial charge on any atom is 0.163 e. The van der Waals surface area contributed by atoms with E-state index >= 15 is 0 Å². The lowest BCUT2D eigenvalue weighted by Crippen LogP contribution is -2.05. The molecule has 1 aliphatic heterocycles. The third kappa shape index (κ3) is 2.55. The molecule has 0 amide bonds. The van der Waals surface area contributed by atoms with Crippen molar-refractivity contribution >= 4 is 0 Å². The molecule has 116 valence electrons. The number of hydrogen-bond acceptors (Lipinski definition) is 3. The Bertz CT molecular complexity index is 850. The van der Waals surface area contributed by atoms with Crippen LogP contribution in [0.5, 0.6) is 0 Å². The molecule has 0 saturated heterocycles. The fourth-order valence-electron chi connectivity index (χ4n) is 3.15. The van der Waals surface area contributed by atoms with Crippen molar-refractivity contribution in [1.29, 1.82) is 0 Å². The van der Waals surface area contributed by atoms with Crippen LogP contribution in [0.2, 0.25) is 0 Å². The van der Waals surface area contributed by atoms with Crippen molar-refractivity contribution in [2.45, 2.75) is 33.5 Å². The molecule has 4 nitrogen and oxygen atoms in total. The average molecular weight is 305 g/mol. The van der Waals surface area contributed by atoms with E-state index in [1.54, 1.807) is 0 Å². The van der Waals surface area contributed by atoms with Crippen LogP contribution in [-0.4, -0.2) is 14.8 Å². The second kappa shape index (κ2) is 5.63. The van der Waals surface area contributed by atoms with Crippen molar-refractivity contribution in [3.8, 4) is 5.69 Å². The first-order valence-electron chi connectivity index (χ1n) is 7.87. The van der Waals surface area contributed by atoms with E-state index in [9.17, 15) is 0 Å². The SMILES string of the molecule is Cc1ccc(Cc2cccc3c2COCc2nnc(C)n2-3)cc1. The highest BCUT2D eigenvalue weighted by molar-refractivity contribution is 5.49. The number of nitrogens with zero attached hydrogens (tertiary/aromatic N) is 3. The van der Waals surface area contributed by atoms with Gasteiger partial charge in [-0.05, 0) is 37.5 Å². The Morgan fingerprint density at radius 1 is 1.00 bits per heavy atom. The molecule has 0 bridgehead atoms. The van der Waals surface area contributed by atoms with Gasteiger partial charge in [-0.25, -0.2) is 0 Å². The number of aryl methyl sites for hydroxylation is 2. The third-order valence-corrected chi connectivity index (χ3v) is 4.37. The van der Waals surface area contributed by atoms with Gasteiger partial charge in [0.05, 0.1) is 12.3 Å². The first-order chi connectivity index (χ1) is 11.2. The van der Waals surface area contributed by atoms with Gasteiger partial charge in [0.15, 0.2) is 5.82 Å². The number of benzene rings is 2. The normalized spacial score (nSPS) is 13.3. The average Bonchev–Trinajstić information content (AvgIpc) is 2.80. The van der Waals surface area contributed by atoms with Crippen LogP contribution in [0.1, 0.15) is 33.9 Å². The molecular formula is C19H19N3O. The highest BCUT2D eigenvalue weighted by atomic mass is 16.5. The molecule has 4 heteroatoms. The van der Waals surface area contributed by atoms with Crippen LogP contribution in [-0.2, 0) is 24.4 Å². The molecule has 0 fully saturated rings. The predicted octanol–water partition coefficient (Wildman–Crippen LogP) is 3.51. The van der Waals surface area contributed by atoms with Gasteiger partial charge in [0.2, 0.25) is 0 Å². The summed E-state index contributed by atoms with van der Waals surface area (Å²) >= 11 is 0. The van der Waals surface area contributed by atoms with Gasteiger partial charge in [0.1, 0.15) is 12.4 Å². The van der Waals surface area contributed by atoms with Crippen LogP contribution in [0.25, 0.3) is 5.69 Å². The van der Waals surface area contributed by atoms with Crippen LogP contribution in [0.4, 0.5) is 0 Å². The number of ether oxygens (including phenoxy) is 1. The Hall–Kier alpha value is -2.46. The maximum absolute atomic E-state index is 5.83. The van der Waals surface area contributed by atoms with Gasteiger partial charge in [-0.3, -0.25) is 4.57 Å². The predicted molar refractivity (Wildman–Crippen MR) is 88.6 cm³/mol. The smallest absolute Gasteiger partial charge is 0.163 e. The number of fused-ring (bicyclic) bond motifs is 3. The Kier molecular flexibility index (Phi) is 3.46. The van der Waals surface area contributed by atoms with E-state index < -0.39 is 0 Å². The van der Waals surface area contributed by atoms with Crippen molar-refractivity contribution in [1.82, 2.24) is 14.8 Å². The molecule has 0 aliphatic carbocycles. The van der Waals surface area contributed by atoms with Gasteiger partial charge in [-0.1, -0.05) is 42.0 Å². The molecule has 1 aromatic heterocycles. The molecule has 0 unspecified atom stereocenters. The fourth-order valence-corrected chi connectivity index (χ4v) is 3.15. The lowest BCUT2D eigenvalue weighted by Gasteiger charge is -2.14. The van der Waals surface area contributed by atoms with Gasteiger partial charge in [-0.2, -0.15) is 0 Å². The summed E-state index contributed by atoms with van der Waals surface area (Å²) in [5.41, 5.74) is 6.27. The zero-order valence-electron chi connectivity index (χ0n) is 13.4. The van der Waals surface area contributed by atoms with Gasteiger partial charge >= 0.3 is 0 Å². The fraction of sp³-hybridized carbons (Fsp3) is 0.263. The largest absolute Gasteiger partial charge is 0.369 e. The van der Waals surface area contributed by atoms with Crippen molar-refractivity contribution < 1.29 is 4.74 Å². The van der Waals surface area contributed by atoms with E-state index in [4.69, 9.17) is 4.74 Å². The summed E-state index contributed by atoms with van der Waals surface area (Å²) in [5.74, 6) is 1.77. The monoisotopic (exact) mass is 305 g/mol. The van der Waals surface area contributed by atoms with Crippen LogP contribution in [0, 0.1) is 13.8 Å². The quantitative estimate of drug-likeness (QED) is 0.727. The van der Waals surface area contributed by atoms with Gasteiger partial charge < -0.3 is 4.74 Å². The maximum atomic E-state index is 5.83. The molecule has 0 spiro atoms. The van der Waals surface area contributed by atoms with E-state index in [1.807, 2.05) is 6.92 Å². The third-order valence-electron chi connectivity index (χ3n) is 4.37. The topological polar surface area (TPSA) is 39.9 Å². The van der Waals surface area contributed by atoms with Gasteiger partial charge in [0.25, 0.3) is 0 Å². The van der Waals surface area contributed by atoms with Gasteiger partial charge in [-0.15, -0.1) is 10.2 Å². The van der Waals surface area contributed by atoms with E-state index in [2.05, 4.69) is 64.2 Å². The second-order valence-corrected chi connectivity index (χ2v) is 6.07. The zero-order valence-corrected chi connectivity index (χ0v) is 13.4. The highest BCUT2D eigenvalue weighted by Crippen LogP contribution is 2.27. The summed E-state index contributed by atoms with van der Waals surface area (Å²) in [6, 6.07) is 15.1. The lowest BCUT2D eigenvalue weighted by molar-refractivity contribution is 0.104. The Morgan fingerprint density at radius 2 is 1.83 bits per heavy atom. The number of aromatic nitrogens is 3. The summed E-state index contributed by atoms with van der Waals surface area (Å²) in [6.45, 7) is 5.21. The summed E-state index contributed by atoms with van der Waals surface area (Å²) < 4.78 is 7.95.